The van der Waals surface area contributed by atoms with Gasteiger partial charge in [0.25, 0.3) is 0 Å². The molecule has 0 bridgehead atoms. The molecule has 53 heavy (non-hydrogen) atoms. The summed E-state index contributed by atoms with van der Waals surface area (Å²) in [5.74, 6) is 1.81. The summed E-state index contributed by atoms with van der Waals surface area (Å²) in [5.41, 5.74) is 7.00. The highest BCUT2D eigenvalue weighted by molar-refractivity contribution is 6.12. The molecule has 3 aromatic heterocycles. The summed E-state index contributed by atoms with van der Waals surface area (Å²) in [4.78, 5) is 15.6. The van der Waals surface area contributed by atoms with E-state index < -0.39 is 0 Å². The first-order valence-corrected chi connectivity index (χ1v) is 17.7. The quantitative estimate of drug-likeness (QED) is 0.175. The first-order valence-electron chi connectivity index (χ1n) is 17.7. The molecular formula is C48H31N3O2. The Morgan fingerprint density at radius 1 is 0.509 bits per heavy atom. The van der Waals surface area contributed by atoms with E-state index in [0.717, 1.165) is 87.3 Å². The number of allylic oxidation sites excluding steroid dienone is 2. The molecule has 0 amide bonds. The number of rotatable bonds is 6. The lowest BCUT2D eigenvalue weighted by atomic mass is 9.97. The topological polar surface area (TPSA) is 65.0 Å². The smallest absolute Gasteiger partial charge is 0.165 e. The predicted molar refractivity (Wildman–Crippen MR) is 217 cm³/mol. The second kappa shape index (κ2) is 12.6. The molecule has 0 atom stereocenters. The zero-order valence-electron chi connectivity index (χ0n) is 28.7. The van der Waals surface area contributed by atoms with Crippen molar-refractivity contribution < 1.29 is 8.83 Å². The third kappa shape index (κ3) is 5.47. The van der Waals surface area contributed by atoms with Gasteiger partial charge in [0, 0.05) is 38.1 Å². The summed E-state index contributed by atoms with van der Waals surface area (Å²) in [7, 11) is 0. The van der Waals surface area contributed by atoms with Gasteiger partial charge >= 0.3 is 0 Å². The van der Waals surface area contributed by atoms with E-state index in [1.807, 2.05) is 54.6 Å². The van der Waals surface area contributed by atoms with Crippen LogP contribution in [0.15, 0.2) is 167 Å². The first kappa shape index (κ1) is 30.7. The predicted octanol–water partition coefficient (Wildman–Crippen LogP) is 10.8. The molecule has 10 aromatic rings. The third-order valence-corrected chi connectivity index (χ3v) is 9.96. The Hall–Kier alpha value is -7.11. The number of nitrogens with zero attached hydrogens (tertiary/aromatic N) is 3. The third-order valence-electron chi connectivity index (χ3n) is 9.96. The summed E-state index contributed by atoms with van der Waals surface area (Å²) in [6.07, 6.45) is 6.76. The van der Waals surface area contributed by atoms with Crippen molar-refractivity contribution >= 4 is 67.1 Å². The average molecular weight is 682 g/mol. The summed E-state index contributed by atoms with van der Waals surface area (Å²) in [6.45, 7) is 4.26. The summed E-state index contributed by atoms with van der Waals surface area (Å²) >= 11 is 0. The standard InChI is InChI=1S/C48H31N3O2/c1-30-38-17-7-10-20-41(38)52-40(30)19-9-6-14-33-26-27-43-45(39-18-8-11-21-42(39)53-43)44(33)48-50-46(36-24-22-31-12-2-4-15-34(31)28-36)49-47(51-48)37-25-23-32-13-3-5-16-35(32)29-37/h2-13,15-29H,1,14H2/b9-6-,40-19+. The van der Waals surface area contributed by atoms with Crippen molar-refractivity contribution in [2.24, 2.45) is 0 Å². The second-order valence-corrected chi connectivity index (χ2v) is 13.2. The molecule has 0 aliphatic carbocycles. The number of furan rings is 2. The van der Waals surface area contributed by atoms with Gasteiger partial charge in [-0.3, -0.25) is 0 Å². The summed E-state index contributed by atoms with van der Waals surface area (Å²) in [5, 5.41) is 8.46. The van der Waals surface area contributed by atoms with Crippen LogP contribution in [0.3, 0.4) is 0 Å². The normalized spacial score (nSPS) is 12.3. The van der Waals surface area contributed by atoms with Gasteiger partial charge in [0.2, 0.25) is 0 Å². The Morgan fingerprint density at radius 3 is 1.74 bits per heavy atom. The number of hydrogen-bond donors (Lipinski definition) is 0. The van der Waals surface area contributed by atoms with E-state index in [2.05, 4.69) is 116 Å². The Labute approximate surface area is 304 Å². The Bertz CT molecular complexity index is 3090. The van der Waals surface area contributed by atoms with Gasteiger partial charge in [0.05, 0.1) is 0 Å². The van der Waals surface area contributed by atoms with Crippen LogP contribution in [0.2, 0.25) is 0 Å². The van der Waals surface area contributed by atoms with E-state index in [9.17, 15) is 0 Å². The molecule has 0 unspecified atom stereocenters. The lowest BCUT2D eigenvalue weighted by Gasteiger charge is -2.13. The molecule has 0 aliphatic rings. The molecule has 0 spiro atoms. The highest BCUT2D eigenvalue weighted by atomic mass is 16.3. The SMILES string of the molecule is C=c1/c(=C\C=C/Cc2ccc3oc4ccccc4c3c2-c2nc(-c3ccc4ccccc4c3)nc(-c3ccc4ccccc4c3)n2)oc2ccccc12. The van der Waals surface area contributed by atoms with Gasteiger partial charge in [0.15, 0.2) is 17.5 Å². The minimum Gasteiger partial charge on any atom is -0.456 e. The van der Waals surface area contributed by atoms with Gasteiger partial charge in [-0.2, -0.15) is 0 Å². The maximum absolute atomic E-state index is 6.41. The highest BCUT2D eigenvalue weighted by Gasteiger charge is 2.21. The summed E-state index contributed by atoms with van der Waals surface area (Å²) < 4.78 is 12.5. The Kier molecular flexibility index (Phi) is 7.29. The molecule has 0 saturated carbocycles. The lowest BCUT2D eigenvalue weighted by Crippen LogP contribution is -2.17. The maximum atomic E-state index is 6.41. The molecule has 3 heterocycles. The minimum absolute atomic E-state index is 0.591. The van der Waals surface area contributed by atoms with E-state index in [0.29, 0.717) is 23.9 Å². The van der Waals surface area contributed by atoms with Crippen molar-refractivity contribution in [3.63, 3.8) is 0 Å². The van der Waals surface area contributed by atoms with Gasteiger partial charge in [-0.1, -0.05) is 134 Å². The first-order chi connectivity index (χ1) is 26.2. The number of benzene rings is 7. The van der Waals surface area contributed by atoms with Crippen LogP contribution in [0.25, 0.3) is 101 Å². The summed E-state index contributed by atoms with van der Waals surface area (Å²) in [6, 6.07) is 49.7. The van der Waals surface area contributed by atoms with Crippen molar-refractivity contribution in [2.75, 3.05) is 0 Å². The van der Waals surface area contributed by atoms with Crippen molar-refractivity contribution in [3.05, 3.63) is 174 Å². The Balaban J connectivity index is 1.18. The van der Waals surface area contributed by atoms with Crippen LogP contribution in [-0.2, 0) is 6.42 Å². The number of aromatic nitrogens is 3. The number of fused-ring (bicyclic) bond motifs is 6. The van der Waals surface area contributed by atoms with Gasteiger partial charge < -0.3 is 8.83 Å². The van der Waals surface area contributed by atoms with Gasteiger partial charge in [-0.05, 0) is 69.9 Å². The largest absolute Gasteiger partial charge is 0.456 e. The zero-order chi connectivity index (χ0) is 35.3. The molecule has 0 fully saturated rings. The van der Waals surface area contributed by atoms with E-state index in [-0.39, 0.29) is 0 Å². The fourth-order valence-corrected chi connectivity index (χ4v) is 7.29. The van der Waals surface area contributed by atoms with Crippen LogP contribution in [0.4, 0.5) is 0 Å². The van der Waals surface area contributed by atoms with E-state index in [1.165, 1.54) is 0 Å². The van der Waals surface area contributed by atoms with Crippen molar-refractivity contribution in [2.45, 2.75) is 6.42 Å². The van der Waals surface area contributed by atoms with Gasteiger partial charge in [0.1, 0.15) is 22.2 Å². The van der Waals surface area contributed by atoms with Crippen LogP contribution in [0.5, 0.6) is 0 Å². The molecule has 10 rings (SSSR count). The van der Waals surface area contributed by atoms with Crippen LogP contribution in [-0.4, -0.2) is 15.0 Å². The monoisotopic (exact) mass is 681 g/mol. The van der Waals surface area contributed by atoms with E-state index in [1.54, 1.807) is 0 Å². The molecule has 0 aliphatic heterocycles. The molecule has 0 N–H and O–H groups in total. The molecule has 5 nitrogen and oxygen atoms in total. The molecule has 0 radical (unpaired) electrons. The van der Waals surface area contributed by atoms with E-state index in [4.69, 9.17) is 23.8 Å². The van der Waals surface area contributed by atoms with Gasteiger partial charge in [-0.25, -0.2) is 15.0 Å². The lowest BCUT2D eigenvalue weighted by molar-refractivity contribution is 0.576. The molecule has 5 heteroatoms. The van der Waals surface area contributed by atoms with Crippen molar-refractivity contribution in [3.8, 4) is 34.2 Å². The molecule has 7 aromatic carbocycles. The zero-order valence-corrected chi connectivity index (χ0v) is 28.7. The molecule has 0 saturated heterocycles. The average Bonchev–Trinajstić information content (AvgIpc) is 3.75. The van der Waals surface area contributed by atoms with Crippen molar-refractivity contribution in [1.82, 2.24) is 15.0 Å². The maximum Gasteiger partial charge on any atom is 0.165 e. The second-order valence-electron chi connectivity index (χ2n) is 13.2. The number of hydrogen-bond acceptors (Lipinski definition) is 5. The van der Waals surface area contributed by atoms with Crippen LogP contribution < -0.4 is 10.6 Å². The van der Waals surface area contributed by atoms with Crippen molar-refractivity contribution in [1.29, 1.82) is 0 Å². The van der Waals surface area contributed by atoms with Crippen LogP contribution in [0, 0.1) is 0 Å². The Morgan fingerprint density at radius 2 is 1.08 bits per heavy atom. The molecular weight excluding hydrogens is 651 g/mol. The fraction of sp³-hybridized carbons (Fsp3) is 0.0208. The van der Waals surface area contributed by atoms with Crippen LogP contribution >= 0.6 is 0 Å². The fourth-order valence-electron chi connectivity index (χ4n) is 7.29. The molecule has 250 valence electrons. The number of para-hydroxylation sites is 2. The van der Waals surface area contributed by atoms with Crippen LogP contribution in [0.1, 0.15) is 5.56 Å². The van der Waals surface area contributed by atoms with Gasteiger partial charge in [-0.15, -0.1) is 0 Å². The highest BCUT2D eigenvalue weighted by Crippen LogP contribution is 2.39. The minimum atomic E-state index is 0.591. The van der Waals surface area contributed by atoms with E-state index >= 15 is 0 Å².